The van der Waals surface area contributed by atoms with Gasteiger partial charge >= 0.3 is 5.97 Å². The van der Waals surface area contributed by atoms with Gasteiger partial charge in [0.2, 0.25) is 0 Å². The Morgan fingerprint density at radius 1 is 1.18 bits per heavy atom. The van der Waals surface area contributed by atoms with Crippen LogP contribution in [0.5, 0.6) is 0 Å². The minimum atomic E-state index is -3.70. The molecular weight excluding hydrogens is 300 g/mol. The Bertz CT molecular complexity index is 638. The Kier molecular flexibility index (Phi) is 4.66. The predicted octanol–water partition coefficient (Wildman–Crippen LogP) is 3.10. The van der Waals surface area contributed by atoms with Crippen molar-refractivity contribution in [3.63, 3.8) is 0 Å². The Labute approximate surface area is 132 Å². The highest BCUT2D eigenvalue weighted by Crippen LogP contribution is 2.31. The maximum absolute atomic E-state index is 12.8. The topological polar surface area (TPSA) is 60.4 Å². The van der Waals surface area contributed by atoms with E-state index in [-0.39, 0.29) is 22.8 Å². The van der Waals surface area contributed by atoms with Crippen molar-refractivity contribution in [2.75, 3.05) is 6.61 Å². The van der Waals surface area contributed by atoms with Gasteiger partial charge in [-0.1, -0.05) is 46.2 Å². The SMILES string of the molecule is CCC[C@H]1COC(=O)C1S(=O)(=O)c1ccc(C(C)(C)C)cc1. The van der Waals surface area contributed by atoms with E-state index < -0.39 is 21.1 Å². The monoisotopic (exact) mass is 324 g/mol. The molecule has 1 fully saturated rings. The molecule has 2 atom stereocenters. The number of hydrogen-bond donors (Lipinski definition) is 0. The lowest BCUT2D eigenvalue weighted by Gasteiger charge is -2.20. The van der Waals surface area contributed by atoms with Gasteiger partial charge in [-0.3, -0.25) is 4.79 Å². The molecule has 1 unspecified atom stereocenters. The molecule has 1 heterocycles. The highest BCUT2D eigenvalue weighted by Gasteiger charge is 2.46. The van der Waals surface area contributed by atoms with Crippen LogP contribution in [-0.2, 0) is 24.8 Å². The number of sulfone groups is 1. The van der Waals surface area contributed by atoms with E-state index in [1.165, 1.54) is 0 Å². The van der Waals surface area contributed by atoms with Gasteiger partial charge in [-0.15, -0.1) is 0 Å². The molecule has 0 bridgehead atoms. The van der Waals surface area contributed by atoms with Crippen LogP contribution in [0.3, 0.4) is 0 Å². The number of rotatable bonds is 4. The van der Waals surface area contributed by atoms with Crippen LogP contribution in [0.1, 0.15) is 46.1 Å². The summed E-state index contributed by atoms with van der Waals surface area (Å²) in [4.78, 5) is 12.1. The van der Waals surface area contributed by atoms with Gasteiger partial charge in [0.25, 0.3) is 0 Å². The molecule has 0 radical (unpaired) electrons. The first-order valence-electron chi connectivity index (χ1n) is 7.69. The second kappa shape index (κ2) is 6.03. The van der Waals surface area contributed by atoms with Gasteiger partial charge in [0.1, 0.15) is 0 Å². The summed E-state index contributed by atoms with van der Waals surface area (Å²) >= 11 is 0. The molecule has 1 aliphatic heterocycles. The molecule has 2 rings (SSSR count). The van der Waals surface area contributed by atoms with E-state index >= 15 is 0 Å². The van der Waals surface area contributed by atoms with Crippen LogP contribution in [0, 0.1) is 5.92 Å². The predicted molar refractivity (Wildman–Crippen MR) is 85.5 cm³/mol. The lowest BCUT2D eigenvalue weighted by atomic mass is 9.87. The fourth-order valence-electron chi connectivity index (χ4n) is 2.83. The van der Waals surface area contributed by atoms with Crippen molar-refractivity contribution in [3.8, 4) is 0 Å². The van der Waals surface area contributed by atoms with Gasteiger partial charge in [-0.2, -0.15) is 0 Å². The number of carbonyl (C=O) groups excluding carboxylic acids is 1. The van der Waals surface area contributed by atoms with E-state index in [1.807, 2.05) is 19.1 Å². The first-order chi connectivity index (χ1) is 10.2. The molecule has 5 heteroatoms. The van der Waals surface area contributed by atoms with Crippen molar-refractivity contribution in [1.29, 1.82) is 0 Å². The van der Waals surface area contributed by atoms with Crippen molar-refractivity contribution in [2.24, 2.45) is 5.92 Å². The second-order valence-electron chi connectivity index (χ2n) is 6.92. The van der Waals surface area contributed by atoms with Gasteiger partial charge in [-0.05, 0) is 29.5 Å². The number of carbonyl (C=O) groups is 1. The minimum Gasteiger partial charge on any atom is -0.464 e. The van der Waals surface area contributed by atoms with Crippen molar-refractivity contribution >= 4 is 15.8 Å². The molecule has 0 aromatic heterocycles. The van der Waals surface area contributed by atoms with Crippen molar-refractivity contribution in [2.45, 2.75) is 56.1 Å². The molecular formula is C17H24O4S. The van der Waals surface area contributed by atoms with Gasteiger partial charge in [-0.25, -0.2) is 8.42 Å². The Hall–Kier alpha value is -1.36. The summed E-state index contributed by atoms with van der Waals surface area (Å²) in [6, 6.07) is 6.85. The summed E-state index contributed by atoms with van der Waals surface area (Å²) in [5, 5.41) is -1.06. The zero-order chi connectivity index (χ0) is 16.5. The Morgan fingerprint density at radius 3 is 2.27 bits per heavy atom. The molecule has 22 heavy (non-hydrogen) atoms. The van der Waals surface area contributed by atoms with E-state index in [0.717, 1.165) is 12.0 Å². The van der Waals surface area contributed by atoms with E-state index in [0.29, 0.717) is 6.42 Å². The highest BCUT2D eigenvalue weighted by molar-refractivity contribution is 7.92. The Balaban J connectivity index is 2.35. The van der Waals surface area contributed by atoms with Crippen molar-refractivity contribution in [1.82, 2.24) is 0 Å². The summed E-state index contributed by atoms with van der Waals surface area (Å²) in [5.41, 5.74) is 1.02. The molecule has 0 aliphatic carbocycles. The third kappa shape index (κ3) is 3.19. The molecule has 0 spiro atoms. The number of cyclic esters (lactones) is 1. The zero-order valence-electron chi connectivity index (χ0n) is 13.6. The van der Waals surface area contributed by atoms with E-state index in [9.17, 15) is 13.2 Å². The molecule has 1 saturated heterocycles. The third-order valence-electron chi connectivity index (χ3n) is 4.14. The average Bonchev–Trinajstić information content (AvgIpc) is 2.80. The maximum Gasteiger partial charge on any atom is 0.325 e. The summed E-state index contributed by atoms with van der Waals surface area (Å²) in [6.07, 6.45) is 1.51. The van der Waals surface area contributed by atoms with Crippen LogP contribution in [-0.4, -0.2) is 26.2 Å². The van der Waals surface area contributed by atoms with Gasteiger partial charge in [0.15, 0.2) is 15.1 Å². The van der Waals surface area contributed by atoms with Crippen LogP contribution in [0.2, 0.25) is 0 Å². The standard InChI is InChI=1S/C17H24O4S/c1-5-6-12-11-21-16(18)15(12)22(19,20)14-9-7-13(8-10-14)17(2,3)4/h7-10,12,15H,5-6,11H2,1-4H3/t12-,15?/m0/s1. The largest absolute Gasteiger partial charge is 0.464 e. The normalized spacial score (nSPS) is 22.6. The smallest absolute Gasteiger partial charge is 0.325 e. The molecule has 0 N–H and O–H groups in total. The summed E-state index contributed by atoms with van der Waals surface area (Å²) in [7, 11) is -3.70. The third-order valence-corrected chi connectivity index (χ3v) is 6.32. The molecule has 0 saturated carbocycles. The highest BCUT2D eigenvalue weighted by atomic mass is 32.2. The first kappa shape index (κ1) is 17.0. The summed E-state index contributed by atoms with van der Waals surface area (Å²) < 4.78 is 30.6. The van der Waals surface area contributed by atoms with Crippen LogP contribution < -0.4 is 0 Å². The average molecular weight is 324 g/mol. The number of benzene rings is 1. The quantitative estimate of drug-likeness (QED) is 0.799. The van der Waals surface area contributed by atoms with E-state index in [4.69, 9.17) is 4.74 Å². The Morgan fingerprint density at radius 2 is 1.77 bits per heavy atom. The van der Waals surface area contributed by atoms with Crippen molar-refractivity contribution < 1.29 is 17.9 Å². The van der Waals surface area contributed by atoms with Gasteiger partial charge in [0.05, 0.1) is 11.5 Å². The lowest BCUT2D eigenvalue weighted by Crippen LogP contribution is -2.32. The van der Waals surface area contributed by atoms with E-state index in [2.05, 4.69) is 20.8 Å². The number of ether oxygens (including phenoxy) is 1. The fourth-order valence-corrected chi connectivity index (χ4v) is 4.68. The molecule has 1 aromatic carbocycles. The van der Waals surface area contributed by atoms with Crippen LogP contribution in [0.4, 0.5) is 0 Å². The number of hydrogen-bond acceptors (Lipinski definition) is 4. The molecule has 1 aliphatic rings. The van der Waals surface area contributed by atoms with Gasteiger partial charge < -0.3 is 4.74 Å². The summed E-state index contributed by atoms with van der Waals surface area (Å²) in [5.74, 6) is -0.858. The van der Waals surface area contributed by atoms with Crippen LogP contribution in [0.15, 0.2) is 29.2 Å². The first-order valence-corrected chi connectivity index (χ1v) is 9.23. The molecule has 0 amide bonds. The summed E-state index contributed by atoms with van der Waals surface area (Å²) in [6.45, 7) is 8.40. The maximum atomic E-state index is 12.8. The minimum absolute atomic E-state index is 0.0423. The molecule has 4 nitrogen and oxygen atoms in total. The zero-order valence-corrected chi connectivity index (χ0v) is 14.4. The van der Waals surface area contributed by atoms with Gasteiger partial charge in [0, 0.05) is 5.92 Å². The second-order valence-corrected chi connectivity index (χ2v) is 8.99. The van der Waals surface area contributed by atoms with Crippen LogP contribution >= 0.6 is 0 Å². The number of esters is 1. The van der Waals surface area contributed by atoms with Crippen molar-refractivity contribution in [3.05, 3.63) is 29.8 Å². The fraction of sp³-hybridized carbons (Fsp3) is 0.588. The lowest BCUT2D eigenvalue weighted by molar-refractivity contribution is -0.137. The molecule has 1 aromatic rings. The van der Waals surface area contributed by atoms with Crippen LogP contribution in [0.25, 0.3) is 0 Å². The molecule has 122 valence electrons. The van der Waals surface area contributed by atoms with E-state index in [1.54, 1.807) is 12.1 Å².